The van der Waals surface area contributed by atoms with Crippen molar-refractivity contribution in [2.24, 2.45) is 5.41 Å². The lowest BCUT2D eigenvalue weighted by Gasteiger charge is -2.38. The van der Waals surface area contributed by atoms with Crippen LogP contribution in [-0.4, -0.2) is 20.5 Å². The number of benzene rings is 2. The van der Waals surface area contributed by atoms with Crippen molar-refractivity contribution >= 4 is 29.0 Å². The first kappa shape index (κ1) is 18.6. The maximum Gasteiger partial charge on any atom is 0.174 e. The predicted molar refractivity (Wildman–Crippen MR) is 104 cm³/mol. The zero-order chi connectivity index (χ0) is 18.9. The van der Waals surface area contributed by atoms with Crippen molar-refractivity contribution in [3.05, 3.63) is 82.4 Å². The van der Waals surface area contributed by atoms with Gasteiger partial charge >= 0.3 is 0 Å². The molecule has 0 N–H and O–H groups in total. The van der Waals surface area contributed by atoms with Gasteiger partial charge in [0.1, 0.15) is 12.7 Å². The standard InChI is InChI=1S/C20H19Cl2N3O/c1-19(2,3)18(26)20(25-13-23-12-24-25,14-4-8-16(21)9-5-14)15-6-10-17(22)11-7-15/h4-13H,1-3H3. The fourth-order valence-electron chi connectivity index (χ4n) is 3.10. The van der Waals surface area contributed by atoms with E-state index in [2.05, 4.69) is 10.1 Å². The van der Waals surface area contributed by atoms with Crippen LogP contribution in [0.4, 0.5) is 0 Å². The highest BCUT2D eigenvalue weighted by Crippen LogP contribution is 2.40. The number of ketones is 1. The van der Waals surface area contributed by atoms with Crippen molar-refractivity contribution in [1.29, 1.82) is 0 Å². The lowest BCUT2D eigenvalue weighted by Crippen LogP contribution is -2.49. The second-order valence-corrected chi connectivity index (χ2v) is 8.02. The first-order valence-electron chi connectivity index (χ1n) is 8.18. The Morgan fingerprint density at radius 1 is 0.885 bits per heavy atom. The Morgan fingerprint density at radius 3 is 1.69 bits per heavy atom. The Labute approximate surface area is 162 Å². The number of halogens is 2. The molecule has 0 fully saturated rings. The van der Waals surface area contributed by atoms with Crippen LogP contribution in [0.5, 0.6) is 0 Å². The number of Topliss-reactive ketones (excluding diaryl/α,β-unsaturated/α-hetero) is 1. The lowest BCUT2D eigenvalue weighted by molar-refractivity contribution is -0.132. The van der Waals surface area contributed by atoms with Crippen LogP contribution in [-0.2, 0) is 10.3 Å². The minimum atomic E-state index is -1.18. The number of carbonyl (C=O) groups is 1. The van der Waals surface area contributed by atoms with Crippen LogP contribution in [0.25, 0.3) is 0 Å². The molecule has 2 aromatic carbocycles. The van der Waals surface area contributed by atoms with E-state index in [9.17, 15) is 4.79 Å². The van der Waals surface area contributed by atoms with Gasteiger partial charge in [-0.05, 0) is 35.4 Å². The molecule has 0 aliphatic carbocycles. The molecule has 0 unspecified atom stereocenters. The van der Waals surface area contributed by atoms with Crippen molar-refractivity contribution in [1.82, 2.24) is 14.8 Å². The van der Waals surface area contributed by atoms with Crippen molar-refractivity contribution in [3.63, 3.8) is 0 Å². The van der Waals surface area contributed by atoms with Gasteiger partial charge in [-0.15, -0.1) is 0 Å². The van der Waals surface area contributed by atoms with E-state index in [0.29, 0.717) is 10.0 Å². The summed E-state index contributed by atoms with van der Waals surface area (Å²) < 4.78 is 1.60. The van der Waals surface area contributed by atoms with Gasteiger partial charge in [0.25, 0.3) is 0 Å². The summed E-state index contributed by atoms with van der Waals surface area (Å²) in [6, 6.07) is 14.5. The highest BCUT2D eigenvalue weighted by molar-refractivity contribution is 6.30. The summed E-state index contributed by atoms with van der Waals surface area (Å²) in [7, 11) is 0. The fourth-order valence-corrected chi connectivity index (χ4v) is 3.36. The molecule has 3 rings (SSSR count). The zero-order valence-electron chi connectivity index (χ0n) is 14.8. The van der Waals surface area contributed by atoms with Gasteiger partial charge in [-0.1, -0.05) is 68.2 Å². The molecule has 0 aliphatic rings. The normalized spacial score (nSPS) is 12.2. The van der Waals surface area contributed by atoms with E-state index in [0.717, 1.165) is 11.1 Å². The van der Waals surface area contributed by atoms with Crippen LogP contribution in [0, 0.1) is 5.41 Å². The number of hydrogen-bond acceptors (Lipinski definition) is 3. The van der Waals surface area contributed by atoms with Gasteiger partial charge in [0, 0.05) is 15.5 Å². The second kappa shape index (κ2) is 6.86. The molecule has 0 saturated heterocycles. The highest BCUT2D eigenvalue weighted by atomic mass is 35.5. The summed E-state index contributed by atoms with van der Waals surface area (Å²) in [6.45, 7) is 5.69. The summed E-state index contributed by atoms with van der Waals surface area (Å²) in [5.41, 5.74) is -0.293. The Bertz CT molecular complexity index is 850. The van der Waals surface area contributed by atoms with Crippen molar-refractivity contribution in [2.75, 3.05) is 0 Å². The van der Waals surface area contributed by atoms with E-state index < -0.39 is 11.0 Å². The average molecular weight is 388 g/mol. The largest absolute Gasteiger partial charge is 0.296 e. The number of aromatic nitrogens is 3. The Balaban J connectivity index is 2.40. The third-order valence-electron chi connectivity index (χ3n) is 4.30. The van der Waals surface area contributed by atoms with Crippen molar-refractivity contribution in [2.45, 2.75) is 26.3 Å². The van der Waals surface area contributed by atoms with Gasteiger partial charge in [-0.2, -0.15) is 5.10 Å². The van der Waals surface area contributed by atoms with E-state index in [1.807, 2.05) is 45.0 Å². The zero-order valence-corrected chi connectivity index (χ0v) is 16.3. The maximum absolute atomic E-state index is 13.8. The molecule has 0 atom stereocenters. The minimum Gasteiger partial charge on any atom is -0.296 e. The van der Waals surface area contributed by atoms with Gasteiger partial charge in [0.05, 0.1) is 0 Å². The molecule has 134 valence electrons. The lowest BCUT2D eigenvalue weighted by atomic mass is 9.70. The van der Waals surface area contributed by atoms with Gasteiger partial charge in [0.2, 0.25) is 0 Å². The molecule has 0 radical (unpaired) electrons. The van der Waals surface area contributed by atoms with Crippen LogP contribution in [0.1, 0.15) is 31.9 Å². The number of nitrogens with zero attached hydrogens (tertiary/aromatic N) is 3. The average Bonchev–Trinajstić information content (AvgIpc) is 3.12. The quantitative estimate of drug-likeness (QED) is 0.633. The molecule has 1 aromatic heterocycles. The number of rotatable bonds is 4. The molecule has 4 nitrogen and oxygen atoms in total. The van der Waals surface area contributed by atoms with Gasteiger partial charge < -0.3 is 0 Å². The Morgan fingerprint density at radius 2 is 1.35 bits per heavy atom. The highest BCUT2D eigenvalue weighted by Gasteiger charge is 2.49. The fraction of sp³-hybridized carbons (Fsp3) is 0.250. The number of carbonyl (C=O) groups excluding carboxylic acids is 1. The summed E-state index contributed by atoms with van der Waals surface area (Å²) in [4.78, 5) is 17.9. The first-order valence-corrected chi connectivity index (χ1v) is 8.94. The Kier molecular flexibility index (Phi) is 4.91. The van der Waals surface area contributed by atoms with Gasteiger partial charge in [-0.3, -0.25) is 4.79 Å². The first-order chi connectivity index (χ1) is 12.3. The molecule has 0 amide bonds. The van der Waals surface area contributed by atoms with Crippen LogP contribution in [0.15, 0.2) is 61.2 Å². The molecule has 0 aliphatic heterocycles. The summed E-state index contributed by atoms with van der Waals surface area (Å²) in [6.07, 6.45) is 2.99. The molecular weight excluding hydrogens is 369 g/mol. The minimum absolute atomic E-state index is 0.0138. The number of hydrogen-bond donors (Lipinski definition) is 0. The summed E-state index contributed by atoms with van der Waals surface area (Å²) in [5.74, 6) is -0.0138. The van der Waals surface area contributed by atoms with E-state index in [4.69, 9.17) is 23.2 Å². The molecule has 1 heterocycles. The van der Waals surface area contributed by atoms with Crippen LogP contribution >= 0.6 is 23.2 Å². The van der Waals surface area contributed by atoms with E-state index >= 15 is 0 Å². The smallest absolute Gasteiger partial charge is 0.174 e. The maximum atomic E-state index is 13.8. The topological polar surface area (TPSA) is 47.8 Å². The van der Waals surface area contributed by atoms with Gasteiger partial charge in [-0.25, -0.2) is 9.67 Å². The second-order valence-electron chi connectivity index (χ2n) is 7.14. The molecule has 6 heteroatoms. The van der Waals surface area contributed by atoms with Crippen LogP contribution in [0.2, 0.25) is 10.0 Å². The van der Waals surface area contributed by atoms with Crippen molar-refractivity contribution in [3.8, 4) is 0 Å². The molecule has 0 bridgehead atoms. The monoisotopic (exact) mass is 387 g/mol. The van der Waals surface area contributed by atoms with E-state index in [1.165, 1.54) is 6.33 Å². The van der Waals surface area contributed by atoms with E-state index in [-0.39, 0.29) is 5.78 Å². The molecule has 0 saturated carbocycles. The van der Waals surface area contributed by atoms with Crippen LogP contribution < -0.4 is 0 Å². The summed E-state index contributed by atoms with van der Waals surface area (Å²) >= 11 is 12.2. The Hall–Kier alpha value is -2.17. The molecule has 3 aromatic rings. The summed E-state index contributed by atoms with van der Waals surface area (Å²) in [5, 5.41) is 5.54. The SMILES string of the molecule is CC(C)(C)C(=O)C(c1ccc(Cl)cc1)(c1ccc(Cl)cc1)n1cncn1. The third-order valence-corrected chi connectivity index (χ3v) is 4.80. The van der Waals surface area contributed by atoms with E-state index in [1.54, 1.807) is 35.3 Å². The van der Waals surface area contributed by atoms with Crippen LogP contribution in [0.3, 0.4) is 0 Å². The molecular formula is C20H19Cl2N3O. The van der Waals surface area contributed by atoms with Crippen molar-refractivity contribution < 1.29 is 4.79 Å². The third kappa shape index (κ3) is 3.15. The molecule has 0 spiro atoms. The molecule has 26 heavy (non-hydrogen) atoms. The predicted octanol–water partition coefficient (Wildman–Crippen LogP) is 4.99. The van der Waals surface area contributed by atoms with Gasteiger partial charge in [0.15, 0.2) is 11.3 Å².